The van der Waals surface area contributed by atoms with Gasteiger partial charge in [0.25, 0.3) is 5.91 Å². The molecule has 0 saturated heterocycles. The van der Waals surface area contributed by atoms with Gasteiger partial charge < -0.3 is 10.6 Å². The first-order chi connectivity index (χ1) is 15.0. The SMILES string of the molecule is Bc1ccc(C(=O)NC(Nc2ccc(Cl)cc2)C(=O)c2cccc3ccccc23)nc1. The molecule has 1 aromatic heterocycles. The molecule has 2 N–H and O–H groups in total. The molecule has 1 unspecified atom stereocenters. The summed E-state index contributed by atoms with van der Waals surface area (Å²) in [5.74, 6) is -0.702. The normalized spacial score (nSPS) is 11.6. The number of carbonyl (C=O) groups excluding carboxylic acids is 2. The van der Waals surface area contributed by atoms with E-state index in [0.717, 1.165) is 16.2 Å². The fourth-order valence-electron chi connectivity index (χ4n) is 3.28. The number of hydrogen-bond donors (Lipinski definition) is 2. The largest absolute Gasteiger partial charge is 0.359 e. The first kappa shape index (κ1) is 20.6. The second-order valence-corrected chi connectivity index (χ2v) is 7.61. The lowest BCUT2D eigenvalue weighted by atomic mass is 9.98. The van der Waals surface area contributed by atoms with E-state index in [1.807, 2.05) is 44.2 Å². The van der Waals surface area contributed by atoms with Crippen molar-refractivity contribution >= 4 is 53.1 Å². The number of nitrogens with one attached hydrogen (secondary N) is 2. The molecule has 0 radical (unpaired) electrons. The quantitative estimate of drug-likeness (QED) is 0.282. The highest BCUT2D eigenvalue weighted by atomic mass is 35.5. The highest BCUT2D eigenvalue weighted by Gasteiger charge is 2.24. The predicted octanol–water partition coefficient (Wildman–Crippen LogP) is 3.20. The summed E-state index contributed by atoms with van der Waals surface area (Å²) in [7, 11) is 1.89. The number of rotatable bonds is 6. The Kier molecular flexibility index (Phi) is 6.00. The fourth-order valence-corrected chi connectivity index (χ4v) is 3.41. The van der Waals surface area contributed by atoms with Crippen LogP contribution in [-0.4, -0.2) is 30.7 Å². The van der Waals surface area contributed by atoms with Crippen LogP contribution in [0.15, 0.2) is 85.1 Å². The average Bonchev–Trinajstić information content (AvgIpc) is 2.79. The van der Waals surface area contributed by atoms with Crippen LogP contribution >= 0.6 is 11.6 Å². The number of aromatic nitrogens is 1. The summed E-state index contributed by atoms with van der Waals surface area (Å²) >= 11 is 5.98. The van der Waals surface area contributed by atoms with E-state index in [4.69, 9.17) is 11.6 Å². The van der Waals surface area contributed by atoms with Crippen molar-refractivity contribution in [2.45, 2.75) is 6.17 Å². The zero-order chi connectivity index (χ0) is 21.8. The number of carbonyl (C=O) groups is 2. The van der Waals surface area contributed by atoms with Gasteiger partial charge >= 0.3 is 0 Å². The van der Waals surface area contributed by atoms with Crippen LogP contribution in [-0.2, 0) is 0 Å². The van der Waals surface area contributed by atoms with Crippen LogP contribution in [0.25, 0.3) is 10.8 Å². The minimum Gasteiger partial charge on any atom is -0.359 e. The molecule has 4 aromatic rings. The van der Waals surface area contributed by atoms with E-state index in [0.29, 0.717) is 16.3 Å². The molecule has 0 aliphatic carbocycles. The second kappa shape index (κ2) is 9.02. The van der Waals surface area contributed by atoms with E-state index in [1.165, 1.54) is 0 Å². The van der Waals surface area contributed by atoms with Gasteiger partial charge in [-0.1, -0.05) is 65.6 Å². The van der Waals surface area contributed by atoms with E-state index >= 15 is 0 Å². The molecule has 0 bridgehead atoms. The molecule has 0 spiro atoms. The number of hydrogen-bond acceptors (Lipinski definition) is 4. The molecule has 152 valence electrons. The smallest absolute Gasteiger partial charge is 0.271 e. The van der Waals surface area contributed by atoms with Gasteiger partial charge in [0.15, 0.2) is 6.17 Å². The molecule has 1 atom stereocenters. The van der Waals surface area contributed by atoms with E-state index in [2.05, 4.69) is 15.6 Å². The molecule has 0 aliphatic heterocycles. The summed E-state index contributed by atoms with van der Waals surface area (Å²) in [6.45, 7) is 0. The maximum Gasteiger partial charge on any atom is 0.271 e. The van der Waals surface area contributed by atoms with Crippen molar-refractivity contribution in [1.29, 1.82) is 0 Å². The van der Waals surface area contributed by atoms with Crippen molar-refractivity contribution in [3.63, 3.8) is 0 Å². The lowest BCUT2D eigenvalue weighted by molar-refractivity contribution is 0.0867. The van der Waals surface area contributed by atoms with Gasteiger partial charge in [-0.2, -0.15) is 0 Å². The molecule has 0 aliphatic rings. The van der Waals surface area contributed by atoms with Crippen LogP contribution in [0.4, 0.5) is 5.69 Å². The Hall–Kier alpha value is -3.64. The van der Waals surface area contributed by atoms with Gasteiger partial charge in [-0.25, -0.2) is 0 Å². The third kappa shape index (κ3) is 4.76. The topological polar surface area (TPSA) is 71.1 Å². The summed E-state index contributed by atoms with van der Waals surface area (Å²) in [4.78, 5) is 30.5. The zero-order valence-corrected chi connectivity index (χ0v) is 17.6. The van der Waals surface area contributed by atoms with E-state index in [-0.39, 0.29) is 11.5 Å². The molecule has 0 saturated carbocycles. The molecular formula is C24H19BClN3O2. The molecule has 1 amide bonds. The number of anilines is 1. The van der Waals surface area contributed by atoms with Gasteiger partial charge in [0.1, 0.15) is 13.5 Å². The molecule has 1 heterocycles. The first-order valence-corrected chi connectivity index (χ1v) is 10.2. The van der Waals surface area contributed by atoms with E-state index in [1.54, 1.807) is 48.7 Å². The Morgan fingerprint density at radius 1 is 0.903 bits per heavy atom. The lowest BCUT2D eigenvalue weighted by Gasteiger charge is -2.21. The zero-order valence-electron chi connectivity index (χ0n) is 16.8. The summed E-state index contributed by atoms with van der Waals surface area (Å²) in [6, 6.07) is 23.6. The number of halogens is 1. The van der Waals surface area contributed by atoms with Gasteiger partial charge in [0.2, 0.25) is 5.78 Å². The molecule has 5 nitrogen and oxygen atoms in total. The van der Waals surface area contributed by atoms with Crippen molar-refractivity contribution in [2.24, 2.45) is 0 Å². The van der Waals surface area contributed by atoms with Crippen molar-refractivity contribution in [3.8, 4) is 0 Å². The van der Waals surface area contributed by atoms with Crippen LogP contribution in [0, 0.1) is 0 Å². The number of nitrogens with zero attached hydrogens (tertiary/aromatic N) is 1. The average molecular weight is 428 g/mol. The number of pyridine rings is 1. The Morgan fingerprint density at radius 2 is 1.65 bits per heavy atom. The van der Waals surface area contributed by atoms with Crippen molar-refractivity contribution in [2.75, 3.05) is 5.32 Å². The standard InChI is InChI=1S/C24H19BClN3O2/c25-16-8-13-21(27-14-16)24(31)29-23(28-18-11-9-17(26)10-12-18)22(30)20-7-3-5-15-4-1-2-6-19(15)20/h1-14,23,28H,25H2,(H,29,31). The van der Waals surface area contributed by atoms with E-state index < -0.39 is 12.1 Å². The Bertz CT molecular complexity index is 1240. The molecule has 7 heteroatoms. The van der Waals surface area contributed by atoms with Gasteiger partial charge in [0, 0.05) is 22.5 Å². The third-order valence-corrected chi connectivity index (χ3v) is 5.14. The number of amides is 1. The van der Waals surface area contributed by atoms with E-state index in [9.17, 15) is 9.59 Å². The number of fused-ring (bicyclic) bond motifs is 1. The van der Waals surface area contributed by atoms with Gasteiger partial charge in [-0.05, 0) is 41.1 Å². The fraction of sp³-hybridized carbons (Fsp3) is 0.0417. The van der Waals surface area contributed by atoms with Gasteiger partial charge in [0.05, 0.1) is 0 Å². The summed E-state index contributed by atoms with van der Waals surface area (Å²) in [5, 5.41) is 8.25. The molecule has 3 aromatic carbocycles. The highest BCUT2D eigenvalue weighted by Crippen LogP contribution is 2.21. The Morgan fingerprint density at radius 3 is 2.39 bits per heavy atom. The number of ketones is 1. The number of benzene rings is 3. The first-order valence-electron chi connectivity index (χ1n) is 9.79. The molecule has 0 fully saturated rings. The summed E-state index contributed by atoms with van der Waals surface area (Å²) in [5.41, 5.74) is 2.35. The monoisotopic (exact) mass is 427 g/mol. The van der Waals surface area contributed by atoms with Crippen molar-refractivity contribution in [1.82, 2.24) is 10.3 Å². The maximum atomic E-state index is 13.5. The summed E-state index contributed by atoms with van der Waals surface area (Å²) in [6.07, 6.45) is 0.617. The molecular weight excluding hydrogens is 409 g/mol. The third-order valence-electron chi connectivity index (χ3n) is 4.89. The Labute approximate surface area is 185 Å². The van der Waals surface area contributed by atoms with Crippen LogP contribution in [0.5, 0.6) is 0 Å². The van der Waals surface area contributed by atoms with Crippen LogP contribution in [0.1, 0.15) is 20.8 Å². The Balaban J connectivity index is 1.68. The second-order valence-electron chi connectivity index (χ2n) is 7.17. The summed E-state index contributed by atoms with van der Waals surface area (Å²) < 4.78 is 0. The van der Waals surface area contributed by atoms with Crippen LogP contribution in [0.3, 0.4) is 0 Å². The minimum absolute atomic E-state index is 0.235. The van der Waals surface area contributed by atoms with Gasteiger partial charge in [-0.3, -0.25) is 14.6 Å². The highest BCUT2D eigenvalue weighted by molar-refractivity contribution is 6.32. The maximum absolute atomic E-state index is 13.5. The number of Topliss-reactive ketones (excluding diaryl/α,β-unsaturated/α-hetero) is 1. The van der Waals surface area contributed by atoms with Crippen molar-refractivity contribution in [3.05, 3.63) is 101 Å². The predicted molar refractivity (Wildman–Crippen MR) is 127 cm³/mol. The lowest BCUT2D eigenvalue weighted by Crippen LogP contribution is -2.46. The van der Waals surface area contributed by atoms with Gasteiger partial charge in [-0.15, -0.1) is 0 Å². The molecule has 31 heavy (non-hydrogen) atoms. The molecule has 4 rings (SSSR count). The van der Waals surface area contributed by atoms with Crippen LogP contribution in [0.2, 0.25) is 5.02 Å². The van der Waals surface area contributed by atoms with Crippen LogP contribution < -0.4 is 16.1 Å². The van der Waals surface area contributed by atoms with Crippen molar-refractivity contribution < 1.29 is 9.59 Å². The minimum atomic E-state index is -0.998.